The van der Waals surface area contributed by atoms with Crippen LogP contribution in [-0.2, 0) is 6.54 Å². The van der Waals surface area contributed by atoms with E-state index < -0.39 is 0 Å². The van der Waals surface area contributed by atoms with Gasteiger partial charge in [-0.15, -0.1) is 11.3 Å². The Bertz CT molecular complexity index is 364. The van der Waals surface area contributed by atoms with Crippen molar-refractivity contribution in [3.05, 3.63) is 21.3 Å². The molecule has 0 bridgehead atoms. The van der Waals surface area contributed by atoms with Gasteiger partial charge in [0.05, 0.1) is 5.02 Å². The van der Waals surface area contributed by atoms with E-state index in [-0.39, 0.29) is 0 Å². The summed E-state index contributed by atoms with van der Waals surface area (Å²) in [4.78, 5) is 3.83. The Morgan fingerprint density at radius 3 is 2.94 bits per heavy atom. The summed E-state index contributed by atoms with van der Waals surface area (Å²) in [6, 6.07) is 3.18. The number of rotatable bonds is 3. The van der Waals surface area contributed by atoms with Crippen LogP contribution >= 0.6 is 22.9 Å². The lowest BCUT2D eigenvalue weighted by Crippen LogP contribution is -2.56. The molecule has 2 nitrogen and oxygen atoms in total. The molecule has 1 aromatic rings. The number of hydrogen-bond acceptors (Lipinski definition) is 3. The maximum absolute atomic E-state index is 6.17. The van der Waals surface area contributed by atoms with E-state index >= 15 is 0 Å². The number of nitrogens with one attached hydrogen (secondary N) is 1. The van der Waals surface area contributed by atoms with Crippen LogP contribution in [0.15, 0.2) is 11.4 Å². The molecule has 96 valence electrons. The molecule has 0 saturated carbocycles. The minimum absolute atomic E-state index is 0.586. The van der Waals surface area contributed by atoms with Crippen LogP contribution in [0.1, 0.15) is 25.6 Å². The molecule has 2 unspecified atom stereocenters. The minimum Gasteiger partial charge on any atom is -0.311 e. The molecule has 1 aliphatic heterocycles. The molecule has 2 rings (SSSR count). The molecule has 1 saturated heterocycles. The largest absolute Gasteiger partial charge is 0.311 e. The van der Waals surface area contributed by atoms with Crippen molar-refractivity contribution in [1.29, 1.82) is 0 Å². The Kier molecular flexibility index (Phi) is 4.47. The Morgan fingerprint density at radius 1 is 1.59 bits per heavy atom. The lowest BCUT2D eigenvalue weighted by molar-refractivity contribution is 0.117. The molecule has 0 spiro atoms. The van der Waals surface area contributed by atoms with Crippen molar-refractivity contribution in [3.63, 3.8) is 0 Å². The number of piperazine rings is 1. The summed E-state index contributed by atoms with van der Waals surface area (Å²) in [5.41, 5.74) is 0. The van der Waals surface area contributed by atoms with Gasteiger partial charge in [-0.25, -0.2) is 0 Å². The lowest BCUT2D eigenvalue weighted by Gasteiger charge is -2.40. The highest BCUT2D eigenvalue weighted by Crippen LogP contribution is 2.25. The van der Waals surface area contributed by atoms with E-state index in [1.165, 1.54) is 4.88 Å². The molecule has 2 heterocycles. The van der Waals surface area contributed by atoms with Crippen LogP contribution in [0.25, 0.3) is 0 Å². The monoisotopic (exact) mass is 272 g/mol. The van der Waals surface area contributed by atoms with Gasteiger partial charge in [0.15, 0.2) is 0 Å². The average Bonchev–Trinajstić information content (AvgIpc) is 2.67. The molecule has 0 aliphatic carbocycles. The zero-order valence-electron chi connectivity index (χ0n) is 10.7. The van der Waals surface area contributed by atoms with Crippen molar-refractivity contribution < 1.29 is 0 Å². The standard InChI is InChI=1S/C13H21ClN2S/c1-9(2)12-7-16(10(3)6-15-12)8-13-11(14)4-5-17-13/h4-5,9-10,12,15H,6-8H2,1-3H3. The van der Waals surface area contributed by atoms with Gasteiger partial charge in [0.1, 0.15) is 0 Å². The van der Waals surface area contributed by atoms with Crippen molar-refractivity contribution in [1.82, 2.24) is 10.2 Å². The second-order valence-corrected chi connectivity index (χ2v) is 6.64. The molecule has 1 aliphatic rings. The van der Waals surface area contributed by atoms with Gasteiger partial charge in [0.25, 0.3) is 0 Å². The molecular weight excluding hydrogens is 252 g/mol. The summed E-state index contributed by atoms with van der Waals surface area (Å²) in [7, 11) is 0. The highest BCUT2D eigenvalue weighted by Gasteiger charge is 2.27. The maximum atomic E-state index is 6.17. The van der Waals surface area contributed by atoms with Gasteiger partial charge in [-0.05, 0) is 24.3 Å². The molecule has 1 N–H and O–H groups in total. The van der Waals surface area contributed by atoms with E-state index in [9.17, 15) is 0 Å². The third-order valence-electron chi connectivity index (χ3n) is 3.57. The van der Waals surface area contributed by atoms with Gasteiger partial charge in [0, 0.05) is 36.6 Å². The predicted octanol–water partition coefficient (Wildman–Crippen LogP) is 3.22. The van der Waals surface area contributed by atoms with E-state index in [0.29, 0.717) is 18.0 Å². The smallest absolute Gasteiger partial charge is 0.0558 e. The van der Waals surface area contributed by atoms with Gasteiger partial charge >= 0.3 is 0 Å². The van der Waals surface area contributed by atoms with Crippen molar-refractivity contribution in [3.8, 4) is 0 Å². The van der Waals surface area contributed by atoms with Crippen LogP contribution in [0.2, 0.25) is 5.02 Å². The second-order valence-electron chi connectivity index (χ2n) is 5.23. The Labute approximate surface area is 113 Å². The highest BCUT2D eigenvalue weighted by molar-refractivity contribution is 7.10. The van der Waals surface area contributed by atoms with Crippen LogP contribution in [0.5, 0.6) is 0 Å². The molecule has 0 amide bonds. The molecular formula is C13H21ClN2S. The van der Waals surface area contributed by atoms with Crippen molar-refractivity contribution in [2.75, 3.05) is 13.1 Å². The summed E-state index contributed by atoms with van der Waals surface area (Å²) in [6.07, 6.45) is 0. The summed E-state index contributed by atoms with van der Waals surface area (Å²) in [6.45, 7) is 10.0. The fourth-order valence-electron chi connectivity index (χ4n) is 2.24. The average molecular weight is 273 g/mol. The first-order valence-corrected chi connectivity index (χ1v) is 7.53. The summed E-state index contributed by atoms with van der Waals surface area (Å²) in [5, 5.41) is 6.61. The van der Waals surface area contributed by atoms with Crippen LogP contribution < -0.4 is 5.32 Å². The van der Waals surface area contributed by atoms with Crippen molar-refractivity contribution in [2.24, 2.45) is 5.92 Å². The molecule has 2 atom stereocenters. The van der Waals surface area contributed by atoms with Crippen LogP contribution in [-0.4, -0.2) is 30.1 Å². The minimum atomic E-state index is 0.586. The van der Waals surface area contributed by atoms with Crippen molar-refractivity contribution >= 4 is 22.9 Å². The van der Waals surface area contributed by atoms with E-state index in [0.717, 1.165) is 24.7 Å². The second kappa shape index (κ2) is 5.70. The highest BCUT2D eigenvalue weighted by atomic mass is 35.5. The first-order valence-electron chi connectivity index (χ1n) is 6.27. The fraction of sp³-hybridized carbons (Fsp3) is 0.692. The Hall–Kier alpha value is -0.0900. The predicted molar refractivity (Wildman–Crippen MR) is 75.8 cm³/mol. The molecule has 1 aromatic heterocycles. The van der Waals surface area contributed by atoms with Gasteiger partial charge in [0.2, 0.25) is 0 Å². The quantitative estimate of drug-likeness (QED) is 0.909. The zero-order chi connectivity index (χ0) is 12.4. The first-order chi connectivity index (χ1) is 8.08. The fourth-order valence-corrected chi connectivity index (χ4v) is 3.36. The van der Waals surface area contributed by atoms with Gasteiger partial charge in [-0.3, -0.25) is 4.90 Å². The van der Waals surface area contributed by atoms with E-state index in [2.05, 4.69) is 36.4 Å². The maximum Gasteiger partial charge on any atom is 0.0558 e. The van der Waals surface area contributed by atoms with Crippen LogP contribution in [0, 0.1) is 5.92 Å². The summed E-state index contributed by atoms with van der Waals surface area (Å²) >= 11 is 7.93. The number of hydrogen-bond donors (Lipinski definition) is 1. The van der Waals surface area contributed by atoms with Gasteiger partial charge in [-0.1, -0.05) is 25.4 Å². The molecule has 4 heteroatoms. The first kappa shape index (κ1) is 13.3. The molecule has 0 radical (unpaired) electrons. The normalized spacial score (nSPS) is 26.6. The summed E-state index contributed by atoms with van der Waals surface area (Å²) in [5.74, 6) is 0.684. The zero-order valence-corrected chi connectivity index (χ0v) is 12.3. The number of halogens is 1. The van der Waals surface area contributed by atoms with E-state index in [1.54, 1.807) is 11.3 Å². The van der Waals surface area contributed by atoms with Gasteiger partial charge < -0.3 is 5.32 Å². The topological polar surface area (TPSA) is 15.3 Å². The van der Waals surface area contributed by atoms with Crippen LogP contribution in [0.4, 0.5) is 0 Å². The van der Waals surface area contributed by atoms with Gasteiger partial charge in [-0.2, -0.15) is 0 Å². The molecule has 17 heavy (non-hydrogen) atoms. The molecule has 1 fully saturated rings. The third-order valence-corrected chi connectivity index (χ3v) is 4.94. The van der Waals surface area contributed by atoms with Crippen molar-refractivity contribution in [2.45, 2.75) is 39.4 Å². The molecule has 0 aromatic carbocycles. The third kappa shape index (κ3) is 3.22. The Morgan fingerprint density at radius 2 is 2.35 bits per heavy atom. The number of thiophene rings is 1. The van der Waals surface area contributed by atoms with Crippen LogP contribution in [0.3, 0.4) is 0 Å². The SMILES string of the molecule is CC(C)C1CN(Cc2sccc2Cl)C(C)CN1. The van der Waals surface area contributed by atoms with E-state index in [1.807, 2.05) is 6.07 Å². The van der Waals surface area contributed by atoms with E-state index in [4.69, 9.17) is 11.6 Å². The lowest BCUT2D eigenvalue weighted by atomic mass is 10.00. The summed E-state index contributed by atoms with van der Waals surface area (Å²) < 4.78 is 0. The Balaban J connectivity index is 2.01. The number of nitrogens with zero attached hydrogens (tertiary/aromatic N) is 1.